The van der Waals surface area contributed by atoms with Crippen molar-refractivity contribution in [2.45, 2.75) is 51.9 Å². The molecule has 100 valence electrons. The van der Waals surface area contributed by atoms with Crippen molar-refractivity contribution in [2.75, 3.05) is 32.8 Å². The molecule has 2 rings (SSSR count). The van der Waals surface area contributed by atoms with Gasteiger partial charge in [-0.15, -0.1) is 0 Å². The molecule has 0 amide bonds. The monoisotopic (exact) mass is 239 g/mol. The number of nitrogens with zero attached hydrogens (tertiary/aromatic N) is 1. The Morgan fingerprint density at radius 2 is 1.76 bits per heavy atom. The zero-order chi connectivity index (χ0) is 11.9. The molecule has 2 heteroatoms. The maximum atomic E-state index is 5.58. The van der Waals surface area contributed by atoms with E-state index in [1.807, 2.05) is 0 Å². The molecule has 0 aromatic heterocycles. The highest BCUT2D eigenvalue weighted by molar-refractivity contribution is 4.76. The van der Waals surface area contributed by atoms with Gasteiger partial charge in [0.1, 0.15) is 0 Å². The van der Waals surface area contributed by atoms with Crippen molar-refractivity contribution in [3.05, 3.63) is 0 Å². The van der Waals surface area contributed by atoms with E-state index in [1.165, 1.54) is 64.6 Å². The van der Waals surface area contributed by atoms with Crippen LogP contribution in [-0.4, -0.2) is 37.7 Å². The molecule has 0 radical (unpaired) electrons. The summed E-state index contributed by atoms with van der Waals surface area (Å²) in [5, 5.41) is 0. The van der Waals surface area contributed by atoms with E-state index < -0.39 is 0 Å². The molecule has 17 heavy (non-hydrogen) atoms. The van der Waals surface area contributed by atoms with Crippen LogP contribution in [0.1, 0.15) is 51.9 Å². The molecular formula is C15H29NO. The molecule has 1 aliphatic heterocycles. The minimum atomic E-state index is 0.798. The van der Waals surface area contributed by atoms with E-state index >= 15 is 0 Å². The van der Waals surface area contributed by atoms with Gasteiger partial charge in [0.15, 0.2) is 0 Å². The van der Waals surface area contributed by atoms with Crippen molar-refractivity contribution < 1.29 is 4.74 Å². The van der Waals surface area contributed by atoms with Crippen LogP contribution in [0.3, 0.4) is 0 Å². The molecule has 2 aliphatic rings. The Morgan fingerprint density at radius 3 is 2.53 bits per heavy atom. The van der Waals surface area contributed by atoms with Crippen LogP contribution in [0.4, 0.5) is 0 Å². The Labute approximate surface area is 107 Å². The third-order valence-electron chi connectivity index (χ3n) is 4.40. The molecule has 0 unspecified atom stereocenters. The summed E-state index contributed by atoms with van der Waals surface area (Å²) in [7, 11) is 0. The zero-order valence-electron chi connectivity index (χ0n) is 11.5. The summed E-state index contributed by atoms with van der Waals surface area (Å²) in [6.45, 7) is 7.94. The molecule has 0 aromatic rings. The van der Waals surface area contributed by atoms with Crippen LogP contribution in [0.2, 0.25) is 0 Å². The summed E-state index contributed by atoms with van der Waals surface area (Å²) in [6, 6.07) is 0. The van der Waals surface area contributed by atoms with Crippen LogP contribution in [0.15, 0.2) is 0 Å². The molecule has 0 N–H and O–H groups in total. The minimum absolute atomic E-state index is 0.798. The Kier molecular flexibility index (Phi) is 5.79. The first-order valence-electron chi connectivity index (χ1n) is 7.68. The molecule has 2 nitrogen and oxygen atoms in total. The predicted molar refractivity (Wildman–Crippen MR) is 72.2 cm³/mol. The number of likely N-dealkylation sites (tertiary alicyclic amines) is 1. The number of hydrogen-bond acceptors (Lipinski definition) is 2. The lowest BCUT2D eigenvalue weighted by molar-refractivity contribution is 0.0591. The summed E-state index contributed by atoms with van der Waals surface area (Å²) in [4.78, 5) is 2.71. The van der Waals surface area contributed by atoms with E-state index in [0.717, 1.165) is 25.0 Å². The Morgan fingerprint density at radius 1 is 1.00 bits per heavy atom. The fourth-order valence-electron chi connectivity index (χ4n) is 3.47. The predicted octanol–water partition coefficient (Wildman–Crippen LogP) is 3.32. The third-order valence-corrected chi connectivity index (χ3v) is 4.40. The van der Waals surface area contributed by atoms with Gasteiger partial charge >= 0.3 is 0 Å². The normalized spacial score (nSPS) is 28.4. The van der Waals surface area contributed by atoms with Gasteiger partial charge in [0.05, 0.1) is 6.61 Å². The molecule has 1 saturated carbocycles. The largest absolute Gasteiger partial charge is 0.381 e. The fourth-order valence-corrected chi connectivity index (χ4v) is 3.47. The van der Waals surface area contributed by atoms with E-state index in [-0.39, 0.29) is 0 Å². The van der Waals surface area contributed by atoms with Crippen molar-refractivity contribution in [1.82, 2.24) is 4.90 Å². The summed E-state index contributed by atoms with van der Waals surface area (Å²) in [5.41, 5.74) is 0. The first-order valence-corrected chi connectivity index (χ1v) is 7.68. The molecular weight excluding hydrogens is 210 g/mol. The van der Waals surface area contributed by atoms with Crippen molar-refractivity contribution in [1.29, 1.82) is 0 Å². The molecule has 0 aromatic carbocycles. The van der Waals surface area contributed by atoms with Crippen molar-refractivity contribution in [3.63, 3.8) is 0 Å². The molecule has 0 bridgehead atoms. The van der Waals surface area contributed by atoms with Crippen LogP contribution in [0, 0.1) is 11.8 Å². The van der Waals surface area contributed by atoms with Crippen LogP contribution in [0.5, 0.6) is 0 Å². The summed E-state index contributed by atoms with van der Waals surface area (Å²) in [6.07, 6.45) is 10.1. The Bertz CT molecular complexity index is 201. The standard InChI is InChI=1S/C15H29NO/c1-2-17-13-15-9-6-10-16(12-15)11-14-7-4-3-5-8-14/h14-15H,2-13H2,1H3/t15-/m1/s1. The van der Waals surface area contributed by atoms with E-state index in [9.17, 15) is 0 Å². The summed E-state index contributed by atoms with van der Waals surface area (Å²) >= 11 is 0. The molecule has 1 aliphatic carbocycles. The van der Waals surface area contributed by atoms with Gasteiger partial charge in [0.25, 0.3) is 0 Å². The topological polar surface area (TPSA) is 12.5 Å². The van der Waals surface area contributed by atoms with Gasteiger partial charge in [-0.2, -0.15) is 0 Å². The zero-order valence-corrected chi connectivity index (χ0v) is 11.5. The molecule has 1 heterocycles. The highest BCUT2D eigenvalue weighted by Gasteiger charge is 2.23. The lowest BCUT2D eigenvalue weighted by Gasteiger charge is -2.35. The second kappa shape index (κ2) is 7.38. The van der Waals surface area contributed by atoms with Crippen molar-refractivity contribution in [2.24, 2.45) is 11.8 Å². The molecule has 1 atom stereocenters. The average Bonchev–Trinajstić information content (AvgIpc) is 2.38. The van der Waals surface area contributed by atoms with Crippen molar-refractivity contribution >= 4 is 0 Å². The lowest BCUT2D eigenvalue weighted by Crippen LogP contribution is -2.40. The number of rotatable bonds is 5. The summed E-state index contributed by atoms with van der Waals surface area (Å²) in [5.74, 6) is 1.79. The highest BCUT2D eigenvalue weighted by Crippen LogP contribution is 2.26. The minimum Gasteiger partial charge on any atom is -0.381 e. The van der Waals surface area contributed by atoms with Crippen LogP contribution < -0.4 is 0 Å². The van der Waals surface area contributed by atoms with Gasteiger partial charge < -0.3 is 9.64 Å². The maximum absolute atomic E-state index is 5.58. The van der Waals surface area contributed by atoms with Crippen LogP contribution in [-0.2, 0) is 4.74 Å². The average molecular weight is 239 g/mol. The summed E-state index contributed by atoms with van der Waals surface area (Å²) < 4.78 is 5.58. The first kappa shape index (κ1) is 13.4. The van der Waals surface area contributed by atoms with Gasteiger partial charge in [0, 0.05) is 19.7 Å². The Hall–Kier alpha value is -0.0800. The third kappa shape index (κ3) is 4.59. The number of hydrogen-bond donors (Lipinski definition) is 0. The van der Waals surface area contributed by atoms with E-state index in [1.54, 1.807) is 0 Å². The van der Waals surface area contributed by atoms with Gasteiger partial charge in [0.2, 0.25) is 0 Å². The number of ether oxygens (including phenoxy) is 1. The highest BCUT2D eigenvalue weighted by atomic mass is 16.5. The fraction of sp³-hybridized carbons (Fsp3) is 1.00. The quantitative estimate of drug-likeness (QED) is 0.730. The second-order valence-corrected chi connectivity index (χ2v) is 5.93. The SMILES string of the molecule is CCOC[C@@H]1CCCN(CC2CCCCC2)C1. The molecule has 1 saturated heterocycles. The van der Waals surface area contributed by atoms with Gasteiger partial charge in [-0.05, 0) is 51.0 Å². The molecule has 2 fully saturated rings. The lowest BCUT2D eigenvalue weighted by atomic mass is 9.88. The maximum Gasteiger partial charge on any atom is 0.0506 e. The smallest absolute Gasteiger partial charge is 0.0506 e. The van der Waals surface area contributed by atoms with Gasteiger partial charge in [-0.1, -0.05) is 19.3 Å². The number of piperidine rings is 1. The van der Waals surface area contributed by atoms with Gasteiger partial charge in [-0.3, -0.25) is 0 Å². The van der Waals surface area contributed by atoms with Gasteiger partial charge in [-0.25, -0.2) is 0 Å². The van der Waals surface area contributed by atoms with Crippen molar-refractivity contribution in [3.8, 4) is 0 Å². The molecule has 0 spiro atoms. The van der Waals surface area contributed by atoms with Crippen LogP contribution >= 0.6 is 0 Å². The van der Waals surface area contributed by atoms with E-state index in [4.69, 9.17) is 4.74 Å². The second-order valence-electron chi connectivity index (χ2n) is 5.93. The first-order chi connectivity index (χ1) is 8.38. The van der Waals surface area contributed by atoms with E-state index in [2.05, 4.69) is 11.8 Å². The van der Waals surface area contributed by atoms with Crippen LogP contribution in [0.25, 0.3) is 0 Å². The van der Waals surface area contributed by atoms with E-state index in [0.29, 0.717) is 0 Å². The Balaban J connectivity index is 1.68.